The predicted molar refractivity (Wildman–Crippen MR) is 76.2 cm³/mol. The lowest BCUT2D eigenvalue weighted by Crippen LogP contribution is -2.62. The van der Waals surface area contributed by atoms with E-state index in [9.17, 15) is 9.59 Å². The number of carbonyl (C=O) groups is 2. The van der Waals surface area contributed by atoms with Crippen molar-refractivity contribution in [3.05, 3.63) is 0 Å². The number of piperazine rings is 1. The molecule has 2 saturated heterocycles. The highest BCUT2D eigenvalue weighted by molar-refractivity contribution is 5.95. The van der Waals surface area contributed by atoms with E-state index < -0.39 is 6.04 Å². The smallest absolute Gasteiger partial charge is 0.246 e. The van der Waals surface area contributed by atoms with Crippen molar-refractivity contribution < 1.29 is 14.3 Å². The standard InChI is InChI=1S/C15H26N2O3/c1-15(2,3)13-14(19)17(10-12(18)16-13)8-7-11-6-4-5-9-20-11/h11,13H,4-10H2,1-3H3,(H,16,18). The maximum absolute atomic E-state index is 12.5. The van der Waals surface area contributed by atoms with Crippen LogP contribution in [0.15, 0.2) is 0 Å². The Morgan fingerprint density at radius 3 is 2.65 bits per heavy atom. The SMILES string of the molecule is CC(C)(C)C1NC(=O)CN(CCC2CCCCO2)C1=O. The first-order valence-electron chi connectivity index (χ1n) is 7.57. The van der Waals surface area contributed by atoms with Crippen LogP contribution in [-0.2, 0) is 14.3 Å². The van der Waals surface area contributed by atoms with E-state index >= 15 is 0 Å². The van der Waals surface area contributed by atoms with Gasteiger partial charge in [-0.15, -0.1) is 0 Å². The Morgan fingerprint density at radius 1 is 1.30 bits per heavy atom. The zero-order valence-electron chi connectivity index (χ0n) is 12.8. The van der Waals surface area contributed by atoms with Crippen LogP contribution < -0.4 is 5.32 Å². The molecule has 5 nitrogen and oxygen atoms in total. The second-order valence-electron chi connectivity index (χ2n) is 6.90. The van der Waals surface area contributed by atoms with Gasteiger partial charge in [-0.1, -0.05) is 20.8 Å². The number of hydrogen-bond donors (Lipinski definition) is 1. The summed E-state index contributed by atoms with van der Waals surface area (Å²) in [6.07, 6.45) is 4.47. The van der Waals surface area contributed by atoms with Gasteiger partial charge in [-0.25, -0.2) is 0 Å². The summed E-state index contributed by atoms with van der Waals surface area (Å²) >= 11 is 0. The Balaban J connectivity index is 1.92. The molecule has 2 amide bonds. The summed E-state index contributed by atoms with van der Waals surface area (Å²) < 4.78 is 5.69. The molecule has 2 fully saturated rings. The summed E-state index contributed by atoms with van der Waals surface area (Å²) in [6, 6.07) is -0.420. The van der Waals surface area contributed by atoms with Gasteiger partial charge in [0.1, 0.15) is 6.04 Å². The van der Waals surface area contributed by atoms with Crippen LogP contribution in [0.2, 0.25) is 0 Å². The second kappa shape index (κ2) is 6.12. The summed E-state index contributed by atoms with van der Waals surface area (Å²) in [6.45, 7) is 7.54. The fourth-order valence-corrected chi connectivity index (χ4v) is 2.81. The van der Waals surface area contributed by atoms with Crippen molar-refractivity contribution in [2.75, 3.05) is 19.7 Å². The second-order valence-corrected chi connectivity index (χ2v) is 6.90. The molecule has 20 heavy (non-hydrogen) atoms. The molecule has 2 unspecified atom stereocenters. The van der Waals surface area contributed by atoms with Crippen LogP contribution in [0.3, 0.4) is 0 Å². The first-order valence-corrected chi connectivity index (χ1v) is 7.57. The molecule has 0 bridgehead atoms. The summed E-state index contributed by atoms with van der Waals surface area (Å²) in [5.74, 6) is -0.0259. The van der Waals surface area contributed by atoms with Crippen molar-refractivity contribution in [3.63, 3.8) is 0 Å². The summed E-state index contributed by atoms with van der Waals surface area (Å²) in [5.41, 5.74) is -0.257. The lowest BCUT2D eigenvalue weighted by molar-refractivity contribution is -0.147. The van der Waals surface area contributed by atoms with Gasteiger partial charge in [0.25, 0.3) is 0 Å². The highest BCUT2D eigenvalue weighted by Crippen LogP contribution is 2.24. The highest BCUT2D eigenvalue weighted by atomic mass is 16.5. The molecule has 1 N–H and O–H groups in total. The lowest BCUT2D eigenvalue weighted by Gasteiger charge is -2.39. The number of nitrogens with one attached hydrogen (secondary N) is 1. The van der Waals surface area contributed by atoms with Crippen molar-refractivity contribution in [2.45, 2.75) is 58.6 Å². The van der Waals surface area contributed by atoms with Crippen LogP contribution in [0.1, 0.15) is 46.5 Å². The fourth-order valence-electron chi connectivity index (χ4n) is 2.81. The third-order valence-electron chi connectivity index (χ3n) is 4.06. The summed E-state index contributed by atoms with van der Waals surface area (Å²) in [5, 5.41) is 2.81. The van der Waals surface area contributed by atoms with Crippen LogP contribution in [-0.4, -0.2) is 48.6 Å². The maximum Gasteiger partial charge on any atom is 0.246 e. The Kier molecular flexibility index (Phi) is 4.68. The maximum atomic E-state index is 12.5. The molecule has 2 heterocycles. The van der Waals surface area contributed by atoms with Gasteiger partial charge in [-0.3, -0.25) is 9.59 Å². The number of carbonyl (C=O) groups excluding carboxylic acids is 2. The fraction of sp³-hybridized carbons (Fsp3) is 0.867. The third kappa shape index (κ3) is 3.72. The number of nitrogens with zero attached hydrogens (tertiary/aromatic N) is 1. The number of amides is 2. The van der Waals surface area contributed by atoms with Crippen LogP contribution in [0.5, 0.6) is 0 Å². The van der Waals surface area contributed by atoms with Gasteiger partial charge in [-0.05, 0) is 31.1 Å². The van der Waals surface area contributed by atoms with Crippen molar-refractivity contribution in [1.82, 2.24) is 10.2 Å². The largest absolute Gasteiger partial charge is 0.378 e. The zero-order chi connectivity index (χ0) is 14.8. The molecule has 0 aromatic carbocycles. The topological polar surface area (TPSA) is 58.6 Å². The molecule has 0 spiro atoms. The van der Waals surface area contributed by atoms with E-state index in [-0.39, 0.29) is 29.9 Å². The first kappa shape index (κ1) is 15.3. The molecule has 2 aliphatic heterocycles. The van der Waals surface area contributed by atoms with Crippen molar-refractivity contribution >= 4 is 11.8 Å². The molecule has 0 aromatic rings. The van der Waals surface area contributed by atoms with Crippen LogP contribution >= 0.6 is 0 Å². The van der Waals surface area contributed by atoms with Crippen molar-refractivity contribution in [2.24, 2.45) is 5.41 Å². The van der Waals surface area contributed by atoms with E-state index in [0.717, 1.165) is 25.9 Å². The summed E-state index contributed by atoms with van der Waals surface area (Å²) in [7, 11) is 0. The Hall–Kier alpha value is -1.10. The van der Waals surface area contributed by atoms with Crippen molar-refractivity contribution in [3.8, 4) is 0 Å². The summed E-state index contributed by atoms with van der Waals surface area (Å²) in [4.78, 5) is 25.9. The van der Waals surface area contributed by atoms with Crippen LogP contribution in [0, 0.1) is 5.41 Å². The third-order valence-corrected chi connectivity index (χ3v) is 4.06. The molecule has 114 valence electrons. The monoisotopic (exact) mass is 282 g/mol. The highest BCUT2D eigenvalue weighted by Gasteiger charge is 2.39. The van der Waals surface area contributed by atoms with Crippen molar-refractivity contribution in [1.29, 1.82) is 0 Å². The van der Waals surface area contributed by atoms with E-state index in [1.807, 2.05) is 20.8 Å². The minimum absolute atomic E-state index is 0.0351. The zero-order valence-corrected chi connectivity index (χ0v) is 12.8. The van der Waals surface area contributed by atoms with E-state index in [1.165, 1.54) is 6.42 Å². The van der Waals surface area contributed by atoms with Gasteiger partial charge in [-0.2, -0.15) is 0 Å². The average molecular weight is 282 g/mol. The Labute approximate surface area is 121 Å². The molecular weight excluding hydrogens is 256 g/mol. The quantitative estimate of drug-likeness (QED) is 0.849. The van der Waals surface area contributed by atoms with Gasteiger partial charge in [0.15, 0.2) is 0 Å². The van der Waals surface area contributed by atoms with Gasteiger partial charge in [0, 0.05) is 13.2 Å². The van der Waals surface area contributed by atoms with Crippen LogP contribution in [0.25, 0.3) is 0 Å². The predicted octanol–water partition coefficient (Wildman–Crippen LogP) is 1.32. The molecule has 2 aliphatic rings. The number of rotatable bonds is 3. The van der Waals surface area contributed by atoms with Crippen LogP contribution in [0.4, 0.5) is 0 Å². The molecule has 2 atom stereocenters. The molecule has 0 aromatic heterocycles. The van der Waals surface area contributed by atoms with Gasteiger partial charge < -0.3 is 15.0 Å². The van der Waals surface area contributed by atoms with Gasteiger partial charge in [0.2, 0.25) is 11.8 Å². The minimum Gasteiger partial charge on any atom is -0.378 e. The van der Waals surface area contributed by atoms with E-state index in [2.05, 4.69) is 5.32 Å². The first-order chi connectivity index (χ1) is 9.38. The van der Waals surface area contributed by atoms with E-state index in [4.69, 9.17) is 4.74 Å². The van der Waals surface area contributed by atoms with Gasteiger partial charge >= 0.3 is 0 Å². The molecular formula is C15H26N2O3. The molecule has 5 heteroatoms. The normalized spacial score (nSPS) is 28.4. The van der Waals surface area contributed by atoms with E-state index in [0.29, 0.717) is 6.54 Å². The molecule has 0 radical (unpaired) electrons. The molecule has 0 aliphatic carbocycles. The van der Waals surface area contributed by atoms with Gasteiger partial charge in [0.05, 0.1) is 12.6 Å². The Morgan fingerprint density at radius 2 is 2.05 bits per heavy atom. The number of hydrogen-bond acceptors (Lipinski definition) is 3. The minimum atomic E-state index is -0.420. The molecule has 2 rings (SSSR count). The Bertz CT molecular complexity index is 370. The lowest BCUT2D eigenvalue weighted by atomic mass is 9.84. The molecule has 0 saturated carbocycles. The van der Waals surface area contributed by atoms with E-state index in [1.54, 1.807) is 4.90 Å². The average Bonchev–Trinajstić information content (AvgIpc) is 2.39. The number of ether oxygens (including phenoxy) is 1.